The Bertz CT molecular complexity index is 653. The van der Waals surface area contributed by atoms with Crippen LogP contribution >= 0.6 is 0 Å². The van der Waals surface area contributed by atoms with Gasteiger partial charge in [0.1, 0.15) is 12.4 Å². The Morgan fingerprint density at radius 1 is 1.29 bits per heavy atom. The van der Waals surface area contributed by atoms with Gasteiger partial charge in [-0.1, -0.05) is 6.07 Å². The van der Waals surface area contributed by atoms with Crippen LogP contribution in [0.15, 0.2) is 42.6 Å². The van der Waals surface area contributed by atoms with Gasteiger partial charge < -0.3 is 9.47 Å². The van der Waals surface area contributed by atoms with E-state index in [4.69, 9.17) is 9.47 Å². The molecule has 1 aliphatic rings. The molecule has 108 valence electrons. The van der Waals surface area contributed by atoms with E-state index in [-0.39, 0.29) is 12.6 Å². The largest absolute Gasteiger partial charge is 0.457 e. The lowest BCUT2D eigenvalue weighted by molar-refractivity contribution is -0.131. The Morgan fingerprint density at radius 3 is 2.67 bits per heavy atom. The van der Waals surface area contributed by atoms with Gasteiger partial charge in [-0.15, -0.1) is 0 Å². The zero-order valence-corrected chi connectivity index (χ0v) is 11.8. The van der Waals surface area contributed by atoms with Crippen molar-refractivity contribution >= 4 is 11.9 Å². The van der Waals surface area contributed by atoms with E-state index in [1.165, 1.54) is 13.0 Å². The molecule has 0 fully saturated rings. The minimum Gasteiger partial charge on any atom is -0.457 e. The van der Waals surface area contributed by atoms with Crippen LogP contribution in [0.4, 0.5) is 0 Å². The SMILES string of the molecule is CC(=O)Oc1cc2cc(c1)C(=O)OC2.Cc1ccccn1. The average Bonchev–Trinajstić information content (AvgIpc) is 2.44. The molecule has 1 aromatic heterocycles. The Balaban J connectivity index is 0.000000194. The summed E-state index contributed by atoms with van der Waals surface area (Å²) in [5.41, 5.74) is 2.32. The van der Waals surface area contributed by atoms with E-state index in [2.05, 4.69) is 4.98 Å². The Labute approximate surface area is 122 Å². The van der Waals surface area contributed by atoms with Crippen LogP contribution in [0.2, 0.25) is 0 Å². The maximum atomic E-state index is 11.1. The first-order valence-corrected chi connectivity index (χ1v) is 6.42. The van der Waals surface area contributed by atoms with Crippen LogP contribution in [-0.2, 0) is 16.1 Å². The summed E-state index contributed by atoms with van der Waals surface area (Å²) in [7, 11) is 0. The number of aryl methyl sites for hydroxylation is 1. The maximum absolute atomic E-state index is 11.1. The molecule has 2 aromatic rings. The smallest absolute Gasteiger partial charge is 0.338 e. The molecule has 2 bridgehead atoms. The molecule has 0 saturated carbocycles. The number of nitrogens with zero attached hydrogens (tertiary/aromatic N) is 1. The molecule has 2 heterocycles. The number of hydrogen-bond donors (Lipinski definition) is 0. The van der Waals surface area contributed by atoms with Crippen LogP contribution in [0.3, 0.4) is 0 Å². The minimum absolute atomic E-state index is 0.237. The first-order valence-electron chi connectivity index (χ1n) is 6.42. The number of esters is 2. The summed E-state index contributed by atoms with van der Waals surface area (Å²) < 4.78 is 9.71. The molecular formula is C16H15NO4. The number of carbonyl (C=O) groups is 2. The molecule has 3 rings (SSSR count). The monoisotopic (exact) mass is 285 g/mol. The lowest BCUT2D eigenvalue weighted by atomic mass is 10.1. The third kappa shape index (κ3) is 4.42. The fraction of sp³-hybridized carbons (Fsp3) is 0.188. The van der Waals surface area contributed by atoms with Gasteiger partial charge in [0.2, 0.25) is 0 Å². The molecule has 1 aromatic carbocycles. The molecule has 21 heavy (non-hydrogen) atoms. The lowest BCUT2D eigenvalue weighted by Crippen LogP contribution is -2.12. The molecule has 1 aliphatic heterocycles. The van der Waals surface area contributed by atoms with Gasteiger partial charge >= 0.3 is 11.9 Å². The Morgan fingerprint density at radius 2 is 2.10 bits per heavy atom. The highest BCUT2D eigenvalue weighted by Gasteiger charge is 2.16. The second-order valence-corrected chi connectivity index (χ2v) is 4.51. The fourth-order valence-corrected chi connectivity index (χ4v) is 1.77. The van der Waals surface area contributed by atoms with E-state index in [1.54, 1.807) is 18.3 Å². The number of hydrogen-bond acceptors (Lipinski definition) is 5. The standard InChI is InChI=1S/C10H8O4.C6H7N/c1-6(11)14-9-3-7-2-8(4-9)10(12)13-5-7;1-6-4-2-3-5-7-6/h2-4H,5H2,1H3;2-5H,1H3. The summed E-state index contributed by atoms with van der Waals surface area (Å²) in [5.74, 6) is -0.393. The first kappa shape index (κ1) is 14.7. The van der Waals surface area contributed by atoms with Gasteiger partial charge in [0.15, 0.2) is 0 Å². The highest BCUT2D eigenvalue weighted by molar-refractivity contribution is 5.91. The molecule has 5 nitrogen and oxygen atoms in total. The van der Waals surface area contributed by atoms with Gasteiger partial charge in [0.05, 0.1) is 5.56 Å². The van der Waals surface area contributed by atoms with Gasteiger partial charge in [-0.2, -0.15) is 0 Å². The topological polar surface area (TPSA) is 65.5 Å². The zero-order valence-electron chi connectivity index (χ0n) is 11.8. The molecular weight excluding hydrogens is 270 g/mol. The summed E-state index contributed by atoms with van der Waals surface area (Å²) in [5, 5.41) is 0. The van der Waals surface area contributed by atoms with Crippen molar-refractivity contribution in [2.24, 2.45) is 0 Å². The van der Waals surface area contributed by atoms with Crippen molar-refractivity contribution in [3.63, 3.8) is 0 Å². The minimum atomic E-state index is -0.401. The molecule has 0 atom stereocenters. The van der Waals surface area contributed by atoms with E-state index in [9.17, 15) is 9.59 Å². The quantitative estimate of drug-likeness (QED) is 0.595. The lowest BCUT2D eigenvalue weighted by Gasteiger charge is -2.14. The summed E-state index contributed by atoms with van der Waals surface area (Å²) in [4.78, 5) is 25.8. The van der Waals surface area contributed by atoms with Crippen LogP contribution < -0.4 is 4.74 Å². The van der Waals surface area contributed by atoms with Crippen molar-refractivity contribution in [1.82, 2.24) is 4.98 Å². The summed E-state index contributed by atoms with van der Waals surface area (Å²) in [6.45, 7) is 3.53. The number of ether oxygens (including phenoxy) is 2. The highest BCUT2D eigenvalue weighted by Crippen LogP contribution is 2.22. The summed E-state index contributed by atoms with van der Waals surface area (Å²) >= 11 is 0. The summed E-state index contributed by atoms with van der Waals surface area (Å²) in [6.07, 6.45) is 1.79. The van der Waals surface area contributed by atoms with E-state index in [0.717, 1.165) is 11.3 Å². The van der Waals surface area contributed by atoms with Crippen molar-refractivity contribution in [1.29, 1.82) is 0 Å². The zero-order chi connectivity index (χ0) is 15.2. The van der Waals surface area contributed by atoms with E-state index in [0.29, 0.717) is 11.3 Å². The predicted molar refractivity (Wildman–Crippen MR) is 75.8 cm³/mol. The van der Waals surface area contributed by atoms with E-state index in [1.807, 2.05) is 25.1 Å². The van der Waals surface area contributed by atoms with Crippen LogP contribution in [0.25, 0.3) is 0 Å². The predicted octanol–water partition coefficient (Wildman–Crippen LogP) is 2.67. The number of rotatable bonds is 1. The van der Waals surface area contributed by atoms with Crippen molar-refractivity contribution in [3.8, 4) is 5.75 Å². The second kappa shape index (κ2) is 6.65. The molecule has 0 aliphatic carbocycles. The van der Waals surface area contributed by atoms with Crippen molar-refractivity contribution < 1.29 is 19.1 Å². The number of fused-ring (bicyclic) bond motifs is 2. The number of cyclic esters (lactones) is 1. The highest BCUT2D eigenvalue weighted by atomic mass is 16.5. The summed E-state index contributed by atoms with van der Waals surface area (Å²) in [6, 6.07) is 10.7. The third-order valence-electron chi connectivity index (χ3n) is 2.65. The molecule has 0 amide bonds. The number of carbonyl (C=O) groups excluding carboxylic acids is 2. The van der Waals surface area contributed by atoms with Crippen LogP contribution in [0, 0.1) is 6.92 Å². The normalized spacial score (nSPS) is 11.8. The van der Waals surface area contributed by atoms with E-state index >= 15 is 0 Å². The average molecular weight is 285 g/mol. The molecule has 0 unspecified atom stereocenters. The third-order valence-corrected chi connectivity index (χ3v) is 2.65. The second-order valence-electron chi connectivity index (χ2n) is 4.51. The van der Waals surface area contributed by atoms with Gasteiger partial charge in [-0.05, 0) is 42.8 Å². The Kier molecular flexibility index (Phi) is 4.66. The van der Waals surface area contributed by atoms with Crippen LogP contribution in [0.5, 0.6) is 5.75 Å². The molecule has 0 saturated heterocycles. The van der Waals surface area contributed by atoms with Crippen LogP contribution in [-0.4, -0.2) is 16.9 Å². The van der Waals surface area contributed by atoms with E-state index < -0.39 is 5.97 Å². The molecule has 0 spiro atoms. The number of pyridine rings is 1. The molecule has 5 heteroatoms. The molecule has 0 radical (unpaired) electrons. The van der Waals surface area contributed by atoms with Gasteiger partial charge in [0, 0.05) is 18.8 Å². The Hall–Kier alpha value is -2.69. The number of aromatic nitrogens is 1. The maximum Gasteiger partial charge on any atom is 0.338 e. The van der Waals surface area contributed by atoms with Crippen molar-refractivity contribution in [2.75, 3.05) is 0 Å². The van der Waals surface area contributed by atoms with Crippen molar-refractivity contribution in [3.05, 3.63) is 59.4 Å². The first-order chi connectivity index (χ1) is 10.0. The number of benzene rings is 1. The van der Waals surface area contributed by atoms with Crippen LogP contribution in [0.1, 0.15) is 28.5 Å². The van der Waals surface area contributed by atoms with Gasteiger partial charge in [0.25, 0.3) is 0 Å². The molecule has 0 N–H and O–H groups in total. The fourth-order valence-electron chi connectivity index (χ4n) is 1.77. The van der Waals surface area contributed by atoms with Gasteiger partial charge in [-0.3, -0.25) is 9.78 Å². The van der Waals surface area contributed by atoms with Gasteiger partial charge in [-0.25, -0.2) is 4.79 Å². The van der Waals surface area contributed by atoms with Crippen molar-refractivity contribution in [2.45, 2.75) is 20.5 Å².